The summed E-state index contributed by atoms with van der Waals surface area (Å²) in [6.07, 6.45) is 2.30. The van der Waals surface area contributed by atoms with Gasteiger partial charge in [0.15, 0.2) is 5.78 Å². The third kappa shape index (κ3) is 3.43. The maximum atomic E-state index is 11.9. The van der Waals surface area contributed by atoms with Crippen molar-refractivity contribution in [2.24, 2.45) is 0 Å². The van der Waals surface area contributed by atoms with Crippen molar-refractivity contribution in [1.29, 1.82) is 0 Å². The Morgan fingerprint density at radius 1 is 1.24 bits per heavy atom. The number of carbonyl (C=O) groups excluding carboxylic acids is 2. The molecule has 6 nitrogen and oxygen atoms in total. The molecule has 1 aromatic carbocycles. The monoisotopic (exact) mass is 302 g/mol. The number of nitrogens with zero attached hydrogens (tertiary/aromatic N) is 2. The summed E-state index contributed by atoms with van der Waals surface area (Å²) < 4.78 is 0. The molecule has 108 valence electrons. The lowest BCUT2D eigenvalue weighted by molar-refractivity contribution is 0.101. The van der Waals surface area contributed by atoms with Crippen molar-refractivity contribution in [2.75, 3.05) is 10.6 Å². The quantitative estimate of drug-likeness (QED) is 0.849. The fourth-order valence-corrected chi connectivity index (χ4v) is 2.76. The van der Waals surface area contributed by atoms with Gasteiger partial charge >= 0.3 is 6.03 Å². The van der Waals surface area contributed by atoms with E-state index in [1.807, 2.05) is 0 Å². The summed E-state index contributed by atoms with van der Waals surface area (Å²) in [7, 11) is 0. The molecule has 0 bridgehead atoms. The molecule has 1 fully saturated rings. The van der Waals surface area contributed by atoms with Gasteiger partial charge in [-0.25, -0.2) is 4.79 Å². The number of hydrogen-bond acceptors (Lipinski definition) is 5. The molecule has 3 rings (SSSR count). The van der Waals surface area contributed by atoms with Crippen molar-refractivity contribution in [2.45, 2.75) is 25.7 Å². The van der Waals surface area contributed by atoms with E-state index in [0.717, 1.165) is 17.8 Å². The zero-order chi connectivity index (χ0) is 14.8. The Morgan fingerprint density at radius 2 is 2.05 bits per heavy atom. The first-order valence-corrected chi connectivity index (χ1v) is 7.46. The predicted molar refractivity (Wildman–Crippen MR) is 81.0 cm³/mol. The standard InChI is InChI=1S/C14H14N4O2S/c1-8(19)10-3-2-4-11(7-10)15-13(20)16-14-18-17-12(21-14)9-5-6-9/h2-4,7,9H,5-6H2,1H3,(H2,15,16,18,20). The van der Waals surface area contributed by atoms with Crippen LogP contribution in [-0.4, -0.2) is 22.0 Å². The van der Waals surface area contributed by atoms with Gasteiger partial charge in [-0.1, -0.05) is 23.5 Å². The first kappa shape index (κ1) is 13.7. The molecule has 0 aliphatic heterocycles. The molecule has 2 N–H and O–H groups in total. The number of carbonyl (C=O) groups is 2. The molecule has 7 heteroatoms. The topological polar surface area (TPSA) is 84.0 Å². The number of urea groups is 1. The smallest absolute Gasteiger partial charge is 0.308 e. The lowest BCUT2D eigenvalue weighted by Gasteiger charge is -2.06. The molecule has 1 aliphatic carbocycles. The van der Waals surface area contributed by atoms with Crippen molar-refractivity contribution < 1.29 is 9.59 Å². The molecule has 1 aliphatic rings. The minimum absolute atomic E-state index is 0.0442. The average Bonchev–Trinajstić information content (AvgIpc) is 3.20. The number of rotatable bonds is 4. The van der Waals surface area contributed by atoms with Crippen LogP contribution in [0.25, 0.3) is 0 Å². The van der Waals surface area contributed by atoms with Gasteiger partial charge in [0.25, 0.3) is 0 Å². The van der Waals surface area contributed by atoms with E-state index in [1.54, 1.807) is 24.3 Å². The molecule has 0 saturated heterocycles. The lowest BCUT2D eigenvalue weighted by Crippen LogP contribution is -2.19. The zero-order valence-electron chi connectivity index (χ0n) is 11.4. The molecule has 21 heavy (non-hydrogen) atoms. The van der Waals surface area contributed by atoms with Crippen LogP contribution in [0.3, 0.4) is 0 Å². The van der Waals surface area contributed by atoms with Crippen molar-refractivity contribution in [3.8, 4) is 0 Å². The van der Waals surface area contributed by atoms with Crippen LogP contribution in [-0.2, 0) is 0 Å². The fourth-order valence-electron chi connectivity index (χ4n) is 1.86. The highest BCUT2D eigenvalue weighted by Gasteiger charge is 2.27. The van der Waals surface area contributed by atoms with E-state index in [4.69, 9.17) is 0 Å². The summed E-state index contributed by atoms with van der Waals surface area (Å²) >= 11 is 1.40. The molecule has 0 radical (unpaired) electrons. The molecule has 1 saturated carbocycles. The van der Waals surface area contributed by atoms with E-state index in [9.17, 15) is 9.59 Å². The van der Waals surface area contributed by atoms with Gasteiger partial charge < -0.3 is 5.32 Å². The van der Waals surface area contributed by atoms with Gasteiger partial charge in [-0.3, -0.25) is 10.1 Å². The summed E-state index contributed by atoms with van der Waals surface area (Å²) in [6, 6.07) is 6.40. The Bertz CT molecular complexity index is 694. The zero-order valence-corrected chi connectivity index (χ0v) is 12.2. The summed E-state index contributed by atoms with van der Waals surface area (Å²) in [5.41, 5.74) is 1.12. The number of ketones is 1. The van der Waals surface area contributed by atoms with Gasteiger partial charge in [-0.15, -0.1) is 10.2 Å². The number of Topliss-reactive ketones (excluding diaryl/α,β-unsaturated/α-hetero) is 1. The fraction of sp³-hybridized carbons (Fsp3) is 0.286. The number of nitrogens with one attached hydrogen (secondary N) is 2. The lowest BCUT2D eigenvalue weighted by atomic mass is 10.1. The molecule has 2 amide bonds. The molecule has 2 aromatic rings. The summed E-state index contributed by atoms with van der Waals surface area (Å²) in [5, 5.41) is 14.8. The number of benzene rings is 1. The molecular weight excluding hydrogens is 288 g/mol. The third-order valence-electron chi connectivity index (χ3n) is 3.11. The largest absolute Gasteiger partial charge is 0.325 e. The Kier molecular flexibility index (Phi) is 3.66. The normalized spacial score (nSPS) is 13.8. The van der Waals surface area contributed by atoms with Crippen LogP contribution in [0.1, 0.15) is 41.0 Å². The SMILES string of the molecule is CC(=O)c1cccc(NC(=O)Nc2nnc(C3CC3)s2)c1. The van der Waals surface area contributed by atoms with Gasteiger partial charge in [0, 0.05) is 17.2 Å². The van der Waals surface area contributed by atoms with Crippen LogP contribution in [0.2, 0.25) is 0 Å². The minimum Gasteiger partial charge on any atom is -0.308 e. The molecule has 1 aromatic heterocycles. The predicted octanol–water partition coefficient (Wildman–Crippen LogP) is 3.26. The molecule has 1 heterocycles. The number of hydrogen-bond donors (Lipinski definition) is 2. The van der Waals surface area contributed by atoms with Crippen molar-refractivity contribution in [3.63, 3.8) is 0 Å². The van der Waals surface area contributed by atoms with Gasteiger partial charge in [0.1, 0.15) is 5.01 Å². The summed E-state index contributed by atoms with van der Waals surface area (Å²) in [4.78, 5) is 23.2. The van der Waals surface area contributed by atoms with Crippen LogP contribution in [0.15, 0.2) is 24.3 Å². The molecule has 0 unspecified atom stereocenters. The van der Waals surface area contributed by atoms with Crippen LogP contribution < -0.4 is 10.6 Å². The second-order valence-electron chi connectivity index (χ2n) is 4.94. The van der Waals surface area contributed by atoms with Crippen molar-refractivity contribution in [3.05, 3.63) is 34.8 Å². The second kappa shape index (κ2) is 5.61. The highest BCUT2D eigenvalue weighted by molar-refractivity contribution is 7.15. The van der Waals surface area contributed by atoms with Crippen LogP contribution in [0.4, 0.5) is 15.6 Å². The first-order chi connectivity index (χ1) is 10.1. The maximum absolute atomic E-state index is 11.9. The van der Waals surface area contributed by atoms with E-state index in [0.29, 0.717) is 22.3 Å². The minimum atomic E-state index is -0.394. The van der Waals surface area contributed by atoms with Crippen LogP contribution in [0, 0.1) is 0 Å². The van der Waals surface area contributed by atoms with Gasteiger partial charge in [-0.2, -0.15) is 0 Å². The molecule has 0 atom stereocenters. The Labute approximate surface area is 125 Å². The van der Waals surface area contributed by atoms with Crippen molar-refractivity contribution >= 4 is 34.0 Å². The van der Waals surface area contributed by atoms with Crippen molar-refractivity contribution in [1.82, 2.24) is 10.2 Å². The van der Waals surface area contributed by atoms with E-state index in [-0.39, 0.29) is 5.78 Å². The maximum Gasteiger partial charge on any atom is 0.325 e. The average molecular weight is 302 g/mol. The van der Waals surface area contributed by atoms with Crippen LogP contribution in [0.5, 0.6) is 0 Å². The van der Waals surface area contributed by atoms with Crippen LogP contribution >= 0.6 is 11.3 Å². The van der Waals surface area contributed by atoms with Gasteiger partial charge in [-0.05, 0) is 31.9 Å². The highest BCUT2D eigenvalue weighted by atomic mass is 32.1. The van der Waals surface area contributed by atoms with E-state index in [1.165, 1.54) is 18.3 Å². The number of amides is 2. The van der Waals surface area contributed by atoms with E-state index in [2.05, 4.69) is 20.8 Å². The van der Waals surface area contributed by atoms with Gasteiger partial charge in [0.2, 0.25) is 5.13 Å². The van der Waals surface area contributed by atoms with E-state index >= 15 is 0 Å². The molecular formula is C14H14N4O2S. The Balaban J connectivity index is 1.62. The first-order valence-electron chi connectivity index (χ1n) is 6.64. The molecule has 0 spiro atoms. The van der Waals surface area contributed by atoms with E-state index < -0.39 is 6.03 Å². The third-order valence-corrected chi connectivity index (χ3v) is 4.12. The second-order valence-corrected chi connectivity index (χ2v) is 5.94. The number of aromatic nitrogens is 2. The Morgan fingerprint density at radius 3 is 2.76 bits per heavy atom. The summed E-state index contributed by atoms with van der Waals surface area (Å²) in [5.74, 6) is 0.477. The summed E-state index contributed by atoms with van der Waals surface area (Å²) in [6.45, 7) is 1.49. The highest BCUT2D eigenvalue weighted by Crippen LogP contribution is 2.42. The number of anilines is 2. The Hall–Kier alpha value is -2.28. The van der Waals surface area contributed by atoms with Gasteiger partial charge in [0.05, 0.1) is 0 Å².